The van der Waals surface area contributed by atoms with Crippen molar-refractivity contribution in [3.05, 3.63) is 59.9 Å². The molecule has 1 aromatic carbocycles. The van der Waals surface area contributed by atoms with E-state index in [9.17, 15) is 4.79 Å². The summed E-state index contributed by atoms with van der Waals surface area (Å²) in [5.74, 6) is 1.49. The number of benzene rings is 1. The number of amides is 1. The monoisotopic (exact) mass is 362 g/mol. The predicted octanol–water partition coefficient (Wildman–Crippen LogP) is 4.09. The standard InChI is InChI=1S/C22H26N4O/c1-16-5-4-12-26(15-16)22(27)18-8-9-21(25-14-18)23-11-10-17-13-24-20-7-3-2-6-19(17)20/h2-3,6-9,13-14,16,24H,4-5,10-12,15H2,1H3,(H,23,25). The Balaban J connectivity index is 1.33. The number of carbonyl (C=O) groups is 1. The Kier molecular flexibility index (Phi) is 5.10. The van der Waals surface area contributed by atoms with Crippen LogP contribution in [0.5, 0.6) is 0 Å². The molecule has 1 atom stereocenters. The Morgan fingerprint density at radius 1 is 1.30 bits per heavy atom. The molecule has 0 spiro atoms. The molecule has 1 aliphatic rings. The first-order chi connectivity index (χ1) is 13.2. The van der Waals surface area contributed by atoms with Crippen molar-refractivity contribution in [3.63, 3.8) is 0 Å². The van der Waals surface area contributed by atoms with E-state index >= 15 is 0 Å². The van der Waals surface area contributed by atoms with Crippen molar-refractivity contribution in [1.29, 1.82) is 0 Å². The number of aromatic amines is 1. The van der Waals surface area contributed by atoms with Gasteiger partial charge in [0.05, 0.1) is 5.56 Å². The summed E-state index contributed by atoms with van der Waals surface area (Å²) in [5.41, 5.74) is 3.14. The third-order valence-corrected chi connectivity index (χ3v) is 5.33. The average Bonchev–Trinajstić information content (AvgIpc) is 3.11. The van der Waals surface area contributed by atoms with Crippen LogP contribution in [0.15, 0.2) is 48.8 Å². The third-order valence-electron chi connectivity index (χ3n) is 5.33. The van der Waals surface area contributed by atoms with E-state index in [2.05, 4.69) is 46.6 Å². The molecule has 2 aromatic heterocycles. The Morgan fingerprint density at radius 2 is 2.19 bits per heavy atom. The van der Waals surface area contributed by atoms with Crippen LogP contribution in [0.4, 0.5) is 5.82 Å². The Morgan fingerprint density at radius 3 is 3.00 bits per heavy atom. The van der Waals surface area contributed by atoms with Gasteiger partial charge in [-0.2, -0.15) is 0 Å². The highest BCUT2D eigenvalue weighted by atomic mass is 16.2. The topological polar surface area (TPSA) is 61.0 Å². The van der Waals surface area contributed by atoms with Crippen LogP contribution in [0, 0.1) is 5.92 Å². The van der Waals surface area contributed by atoms with Crippen LogP contribution in [0.1, 0.15) is 35.7 Å². The van der Waals surface area contributed by atoms with E-state index in [0.29, 0.717) is 11.5 Å². The lowest BCUT2D eigenvalue weighted by Gasteiger charge is -2.30. The molecule has 2 N–H and O–H groups in total. The van der Waals surface area contributed by atoms with Crippen LogP contribution in [-0.4, -0.2) is 40.4 Å². The van der Waals surface area contributed by atoms with E-state index in [1.807, 2.05) is 23.1 Å². The number of H-pyrrole nitrogens is 1. The van der Waals surface area contributed by atoms with Gasteiger partial charge in [0.2, 0.25) is 0 Å². The van der Waals surface area contributed by atoms with E-state index in [0.717, 1.165) is 38.3 Å². The van der Waals surface area contributed by atoms with Crippen molar-refractivity contribution in [2.45, 2.75) is 26.2 Å². The van der Waals surface area contributed by atoms with Gasteiger partial charge in [-0.1, -0.05) is 25.1 Å². The first-order valence-electron chi connectivity index (χ1n) is 9.75. The largest absolute Gasteiger partial charge is 0.370 e. The van der Waals surface area contributed by atoms with Gasteiger partial charge in [-0.3, -0.25) is 4.79 Å². The van der Waals surface area contributed by atoms with Crippen molar-refractivity contribution < 1.29 is 4.79 Å². The average molecular weight is 362 g/mol. The normalized spacial score (nSPS) is 17.2. The van der Waals surface area contributed by atoms with E-state index < -0.39 is 0 Å². The fourth-order valence-corrected chi connectivity index (χ4v) is 3.85. The maximum Gasteiger partial charge on any atom is 0.255 e. The van der Waals surface area contributed by atoms with Crippen LogP contribution in [0.3, 0.4) is 0 Å². The first kappa shape index (κ1) is 17.6. The molecule has 27 heavy (non-hydrogen) atoms. The maximum atomic E-state index is 12.6. The summed E-state index contributed by atoms with van der Waals surface area (Å²) in [6.45, 7) is 4.71. The Bertz CT molecular complexity index is 915. The van der Waals surface area contributed by atoms with Gasteiger partial charge < -0.3 is 15.2 Å². The minimum atomic E-state index is 0.0967. The summed E-state index contributed by atoms with van der Waals surface area (Å²) >= 11 is 0. The highest BCUT2D eigenvalue weighted by molar-refractivity contribution is 5.94. The number of para-hydroxylation sites is 1. The molecule has 1 fully saturated rings. The van der Waals surface area contributed by atoms with Gasteiger partial charge in [-0.05, 0) is 48.9 Å². The van der Waals surface area contributed by atoms with Gasteiger partial charge in [0.15, 0.2) is 0 Å². The molecule has 0 radical (unpaired) electrons. The fraction of sp³-hybridized carbons (Fsp3) is 0.364. The third kappa shape index (κ3) is 3.97. The summed E-state index contributed by atoms with van der Waals surface area (Å²) in [5, 5.41) is 4.62. The van der Waals surface area contributed by atoms with Crippen molar-refractivity contribution >= 4 is 22.6 Å². The maximum absolute atomic E-state index is 12.6. The van der Waals surface area contributed by atoms with Crippen LogP contribution in [-0.2, 0) is 6.42 Å². The summed E-state index contributed by atoms with van der Waals surface area (Å²) in [6, 6.07) is 12.1. The molecule has 1 amide bonds. The number of hydrogen-bond acceptors (Lipinski definition) is 3. The number of piperidine rings is 1. The summed E-state index contributed by atoms with van der Waals surface area (Å²) in [6.07, 6.45) is 6.98. The molecule has 3 heterocycles. The zero-order valence-corrected chi connectivity index (χ0v) is 15.7. The van der Waals surface area contributed by atoms with Gasteiger partial charge in [0.1, 0.15) is 5.82 Å². The van der Waals surface area contributed by atoms with Crippen LogP contribution >= 0.6 is 0 Å². The summed E-state index contributed by atoms with van der Waals surface area (Å²) in [7, 11) is 0. The number of carbonyl (C=O) groups excluding carboxylic acids is 1. The lowest BCUT2D eigenvalue weighted by Crippen LogP contribution is -2.39. The zero-order chi connectivity index (χ0) is 18.6. The first-order valence-corrected chi connectivity index (χ1v) is 9.75. The second kappa shape index (κ2) is 7.82. The Hall–Kier alpha value is -2.82. The number of anilines is 1. The molecule has 140 valence electrons. The van der Waals surface area contributed by atoms with E-state index in [1.165, 1.54) is 22.9 Å². The van der Waals surface area contributed by atoms with Gasteiger partial charge in [-0.15, -0.1) is 0 Å². The molecule has 5 heteroatoms. The number of hydrogen-bond donors (Lipinski definition) is 2. The Labute approximate surface area is 159 Å². The summed E-state index contributed by atoms with van der Waals surface area (Å²) in [4.78, 5) is 22.3. The molecular weight excluding hydrogens is 336 g/mol. The number of pyridine rings is 1. The number of likely N-dealkylation sites (tertiary alicyclic amines) is 1. The number of nitrogens with one attached hydrogen (secondary N) is 2. The van der Waals surface area contributed by atoms with E-state index in [-0.39, 0.29) is 5.91 Å². The predicted molar refractivity (Wildman–Crippen MR) is 109 cm³/mol. The molecule has 0 aliphatic carbocycles. The second-order valence-corrected chi connectivity index (χ2v) is 7.47. The van der Waals surface area contributed by atoms with Crippen molar-refractivity contribution in [1.82, 2.24) is 14.9 Å². The quantitative estimate of drug-likeness (QED) is 0.719. The molecular formula is C22H26N4O. The smallest absolute Gasteiger partial charge is 0.255 e. The van der Waals surface area contributed by atoms with Gasteiger partial charge in [0.25, 0.3) is 5.91 Å². The molecule has 4 rings (SSSR count). The highest BCUT2D eigenvalue weighted by Gasteiger charge is 2.22. The molecule has 1 saturated heterocycles. The minimum absolute atomic E-state index is 0.0967. The lowest BCUT2D eigenvalue weighted by molar-refractivity contribution is 0.0682. The molecule has 5 nitrogen and oxygen atoms in total. The molecule has 1 unspecified atom stereocenters. The SMILES string of the molecule is CC1CCCN(C(=O)c2ccc(NCCc3c[nH]c4ccccc34)nc2)C1. The lowest BCUT2D eigenvalue weighted by atomic mass is 10.00. The van der Waals surface area contributed by atoms with Crippen LogP contribution in [0.2, 0.25) is 0 Å². The summed E-state index contributed by atoms with van der Waals surface area (Å²) < 4.78 is 0. The molecule has 3 aromatic rings. The second-order valence-electron chi connectivity index (χ2n) is 7.47. The van der Waals surface area contributed by atoms with Gasteiger partial charge in [0, 0.05) is 42.9 Å². The number of fused-ring (bicyclic) bond motifs is 1. The number of aromatic nitrogens is 2. The van der Waals surface area contributed by atoms with Crippen molar-refractivity contribution in [2.75, 3.05) is 25.0 Å². The van der Waals surface area contributed by atoms with E-state index in [1.54, 1.807) is 6.20 Å². The molecule has 1 aliphatic heterocycles. The van der Waals surface area contributed by atoms with Gasteiger partial charge in [-0.25, -0.2) is 4.98 Å². The van der Waals surface area contributed by atoms with Crippen LogP contribution < -0.4 is 5.32 Å². The number of nitrogens with zero attached hydrogens (tertiary/aromatic N) is 2. The fourth-order valence-electron chi connectivity index (χ4n) is 3.85. The number of rotatable bonds is 5. The highest BCUT2D eigenvalue weighted by Crippen LogP contribution is 2.19. The zero-order valence-electron chi connectivity index (χ0n) is 15.7. The minimum Gasteiger partial charge on any atom is -0.370 e. The van der Waals surface area contributed by atoms with E-state index in [4.69, 9.17) is 0 Å². The van der Waals surface area contributed by atoms with Crippen molar-refractivity contribution in [2.24, 2.45) is 5.92 Å². The molecule has 0 saturated carbocycles. The van der Waals surface area contributed by atoms with Crippen molar-refractivity contribution in [3.8, 4) is 0 Å². The molecule has 0 bridgehead atoms. The van der Waals surface area contributed by atoms with Crippen LogP contribution in [0.25, 0.3) is 10.9 Å². The van der Waals surface area contributed by atoms with Gasteiger partial charge >= 0.3 is 0 Å².